The minimum absolute atomic E-state index is 0.201. The van der Waals surface area contributed by atoms with E-state index in [2.05, 4.69) is 10.1 Å². The van der Waals surface area contributed by atoms with E-state index in [1.807, 2.05) is 35.2 Å². The summed E-state index contributed by atoms with van der Waals surface area (Å²) in [6.45, 7) is 0.821. The van der Waals surface area contributed by atoms with E-state index in [1.165, 1.54) is 5.38 Å². The number of carboxylic acids is 1. The molecule has 104 valence electrons. The molecule has 0 aromatic carbocycles. The van der Waals surface area contributed by atoms with Crippen LogP contribution in [0.1, 0.15) is 5.69 Å². The van der Waals surface area contributed by atoms with Gasteiger partial charge in [0, 0.05) is 17.5 Å². The number of hydrogen-bond donors (Lipinski definition) is 2. The molecule has 0 aliphatic rings. The Morgan fingerprint density at radius 1 is 1.45 bits per heavy atom. The lowest BCUT2D eigenvalue weighted by atomic mass is 10.3. The number of nitrogens with zero attached hydrogens (tertiary/aromatic N) is 3. The predicted molar refractivity (Wildman–Crippen MR) is 73.3 cm³/mol. The molecule has 2 rings (SSSR count). The number of aliphatic carboxylic acids is 1. The molecule has 2 heterocycles. The van der Waals surface area contributed by atoms with Gasteiger partial charge in [0.2, 0.25) is 5.71 Å². The van der Waals surface area contributed by atoms with Gasteiger partial charge in [-0.2, -0.15) is 0 Å². The van der Waals surface area contributed by atoms with Crippen molar-refractivity contribution in [2.45, 2.75) is 6.54 Å². The summed E-state index contributed by atoms with van der Waals surface area (Å²) in [5, 5.41) is 14.5. The SMILES string of the molecule is Nc1nc(C(=NOCC[n+]2ccccc2)C(=O)O)cs1. The number of hydrogen-bond acceptors (Lipinski definition) is 6. The molecule has 7 nitrogen and oxygen atoms in total. The number of nitrogens with two attached hydrogens (primary N) is 1. The van der Waals surface area contributed by atoms with Crippen molar-refractivity contribution in [3.63, 3.8) is 0 Å². The second-order valence-electron chi connectivity index (χ2n) is 3.76. The van der Waals surface area contributed by atoms with E-state index in [-0.39, 0.29) is 23.1 Å². The summed E-state index contributed by atoms with van der Waals surface area (Å²) >= 11 is 1.15. The van der Waals surface area contributed by atoms with Crippen LogP contribution in [0.4, 0.5) is 5.13 Å². The van der Waals surface area contributed by atoms with Crippen LogP contribution in [-0.2, 0) is 16.2 Å². The van der Waals surface area contributed by atoms with E-state index in [1.54, 1.807) is 0 Å². The number of aromatic nitrogens is 2. The molecule has 8 heteroatoms. The standard InChI is InChI=1S/C12H12N4O3S/c13-12-14-9(8-20-12)10(11(17)18)15-19-7-6-16-4-2-1-3-5-16/h1-5,8H,6-7H2,(H2-,13,14,17,18)/p+1. The highest BCUT2D eigenvalue weighted by Gasteiger charge is 2.17. The van der Waals surface area contributed by atoms with Crippen molar-refractivity contribution in [2.75, 3.05) is 12.3 Å². The summed E-state index contributed by atoms with van der Waals surface area (Å²) in [5.41, 5.74) is 5.41. The molecule has 20 heavy (non-hydrogen) atoms. The molecule has 0 fully saturated rings. The largest absolute Gasteiger partial charge is 0.476 e. The van der Waals surface area contributed by atoms with Crippen molar-refractivity contribution in [3.8, 4) is 0 Å². The number of carbonyl (C=O) groups is 1. The third-order valence-electron chi connectivity index (χ3n) is 2.34. The average Bonchev–Trinajstić information content (AvgIpc) is 2.85. The first kappa shape index (κ1) is 13.9. The van der Waals surface area contributed by atoms with Gasteiger partial charge in [0.25, 0.3) is 0 Å². The van der Waals surface area contributed by atoms with Crippen LogP contribution in [0, 0.1) is 0 Å². The van der Waals surface area contributed by atoms with Crippen LogP contribution in [-0.4, -0.2) is 28.4 Å². The maximum Gasteiger partial charge on any atom is 0.360 e. The fourth-order valence-corrected chi connectivity index (χ4v) is 1.98. The second kappa shape index (κ2) is 6.62. The number of anilines is 1. The Labute approximate surface area is 118 Å². The molecule has 3 N–H and O–H groups in total. The van der Waals surface area contributed by atoms with Gasteiger partial charge in [-0.15, -0.1) is 11.3 Å². The molecule has 0 atom stereocenters. The Kier molecular flexibility index (Phi) is 4.61. The van der Waals surface area contributed by atoms with E-state index in [0.29, 0.717) is 6.54 Å². The maximum absolute atomic E-state index is 11.1. The van der Waals surface area contributed by atoms with E-state index in [4.69, 9.17) is 15.7 Å². The Hall–Kier alpha value is -2.48. The number of carboxylic acid groups (broad SMARTS) is 1. The van der Waals surface area contributed by atoms with Gasteiger partial charge in [0.1, 0.15) is 5.69 Å². The van der Waals surface area contributed by atoms with Crippen LogP contribution in [0.15, 0.2) is 41.1 Å². The number of pyridine rings is 1. The summed E-state index contributed by atoms with van der Waals surface area (Å²) < 4.78 is 1.90. The monoisotopic (exact) mass is 293 g/mol. The van der Waals surface area contributed by atoms with Crippen molar-refractivity contribution < 1.29 is 19.3 Å². The zero-order valence-electron chi connectivity index (χ0n) is 10.5. The normalized spacial score (nSPS) is 11.3. The lowest BCUT2D eigenvalue weighted by Crippen LogP contribution is -2.34. The highest BCUT2D eigenvalue weighted by Crippen LogP contribution is 2.12. The predicted octanol–water partition coefficient (Wildman–Crippen LogP) is 0.518. The van der Waals surface area contributed by atoms with E-state index in [0.717, 1.165) is 11.3 Å². The first-order valence-electron chi connectivity index (χ1n) is 5.75. The summed E-state index contributed by atoms with van der Waals surface area (Å²) in [6.07, 6.45) is 3.76. The highest BCUT2D eigenvalue weighted by molar-refractivity contribution is 7.13. The molecule has 0 bridgehead atoms. The van der Waals surface area contributed by atoms with Crippen molar-refractivity contribution >= 4 is 28.1 Å². The molecule has 0 saturated heterocycles. The summed E-state index contributed by atoms with van der Waals surface area (Å²) in [5.74, 6) is -1.21. The molecular weight excluding hydrogens is 280 g/mol. The number of thiazole rings is 1. The van der Waals surface area contributed by atoms with Crippen LogP contribution in [0.5, 0.6) is 0 Å². The average molecular weight is 293 g/mol. The van der Waals surface area contributed by atoms with Crippen molar-refractivity contribution in [1.29, 1.82) is 0 Å². The van der Waals surface area contributed by atoms with Gasteiger partial charge in [0.05, 0.1) is 0 Å². The lowest BCUT2D eigenvalue weighted by Gasteiger charge is -1.99. The molecular formula is C12H13N4O3S+. The molecule has 2 aromatic heterocycles. The Bertz CT molecular complexity index is 612. The summed E-state index contributed by atoms with van der Waals surface area (Å²) in [6, 6.07) is 5.69. The van der Waals surface area contributed by atoms with E-state index >= 15 is 0 Å². The number of oxime groups is 1. The summed E-state index contributed by atoms with van der Waals surface area (Å²) in [4.78, 5) is 20.0. The topological polar surface area (TPSA) is 102 Å². The molecule has 0 amide bonds. The third-order valence-corrected chi connectivity index (χ3v) is 3.01. The maximum atomic E-state index is 11.1. The van der Waals surface area contributed by atoms with Crippen molar-refractivity contribution in [1.82, 2.24) is 4.98 Å². The fourth-order valence-electron chi connectivity index (χ4n) is 1.43. The molecule has 0 unspecified atom stereocenters. The van der Waals surface area contributed by atoms with Crippen molar-refractivity contribution in [2.24, 2.45) is 5.16 Å². The van der Waals surface area contributed by atoms with Crippen LogP contribution < -0.4 is 10.3 Å². The Balaban J connectivity index is 1.95. The second-order valence-corrected chi connectivity index (χ2v) is 4.65. The van der Waals surface area contributed by atoms with Crippen LogP contribution >= 0.6 is 11.3 Å². The van der Waals surface area contributed by atoms with Crippen LogP contribution in [0.25, 0.3) is 0 Å². The first-order valence-corrected chi connectivity index (χ1v) is 6.63. The smallest absolute Gasteiger partial charge is 0.360 e. The van der Waals surface area contributed by atoms with Crippen LogP contribution in [0.2, 0.25) is 0 Å². The van der Waals surface area contributed by atoms with Gasteiger partial charge in [-0.05, 0) is 0 Å². The summed E-state index contributed by atoms with van der Waals surface area (Å²) in [7, 11) is 0. The Morgan fingerprint density at radius 2 is 2.20 bits per heavy atom. The minimum Gasteiger partial charge on any atom is -0.476 e. The zero-order valence-corrected chi connectivity index (χ0v) is 11.3. The zero-order chi connectivity index (χ0) is 14.4. The molecule has 0 aliphatic heterocycles. The third kappa shape index (κ3) is 3.75. The van der Waals surface area contributed by atoms with Gasteiger partial charge in [0.15, 0.2) is 30.7 Å². The van der Waals surface area contributed by atoms with Crippen LogP contribution in [0.3, 0.4) is 0 Å². The van der Waals surface area contributed by atoms with Gasteiger partial charge >= 0.3 is 5.97 Å². The van der Waals surface area contributed by atoms with Gasteiger partial charge in [-0.25, -0.2) is 14.3 Å². The quantitative estimate of drug-likeness (QED) is 0.350. The van der Waals surface area contributed by atoms with Gasteiger partial charge < -0.3 is 15.7 Å². The van der Waals surface area contributed by atoms with Crippen molar-refractivity contribution in [3.05, 3.63) is 41.7 Å². The molecule has 2 aromatic rings. The van der Waals surface area contributed by atoms with E-state index < -0.39 is 5.97 Å². The fraction of sp³-hybridized carbons (Fsp3) is 0.167. The van der Waals surface area contributed by atoms with E-state index in [9.17, 15) is 4.79 Å². The lowest BCUT2D eigenvalue weighted by molar-refractivity contribution is -0.698. The molecule has 0 saturated carbocycles. The Morgan fingerprint density at radius 3 is 2.80 bits per heavy atom. The first-order chi connectivity index (χ1) is 9.66. The molecule has 0 radical (unpaired) electrons. The van der Waals surface area contributed by atoms with Gasteiger partial charge in [-0.3, -0.25) is 0 Å². The number of rotatable bonds is 6. The highest BCUT2D eigenvalue weighted by atomic mass is 32.1. The number of nitrogen functional groups attached to an aromatic ring is 1. The molecule has 0 spiro atoms. The minimum atomic E-state index is -1.21. The molecule has 0 aliphatic carbocycles. The van der Waals surface area contributed by atoms with Gasteiger partial charge in [-0.1, -0.05) is 11.2 Å².